The van der Waals surface area contributed by atoms with Crippen LogP contribution in [0.3, 0.4) is 0 Å². The van der Waals surface area contributed by atoms with Crippen molar-refractivity contribution < 1.29 is 15.0 Å². The summed E-state index contributed by atoms with van der Waals surface area (Å²) >= 11 is 0. The lowest BCUT2D eigenvalue weighted by molar-refractivity contribution is 0.0694. The smallest absolute Gasteiger partial charge is 0.342 e. The van der Waals surface area contributed by atoms with Crippen LogP contribution in [0.4, 0.5) is 0 Å². The summed E-state index contributed by atoms with van der Waals surface area (Å²) in [6.45, 7) is 3.59. The molecule has 0 atom stereocenters. The molecule has 6 heteroatoms. The number of aromatic amines is 1. The Hall–Kier alpha value is -2.89. The van der Waals surface area contributed by atoms with Gasteiger partial charge in [-0.25, -0.2) is 9.78 Å². The Bertz CT molecular complexity index is 767. The minimum absolute atomic E-state index is 0.254. The number of aromatic carboxylic acids is 1. The molecule has 0 amide bonds. The molecule has 2 rings (SSSR count). The summed E-state index contributed by atoms with van der Waals surface area (Å²) in [6.07, 6.45) is 4.31. The Morgan fingerprint density at radius 1 is 1.24 bits per heavy atom. The number of carbonyl (C=O) groups is 1. The third-order valence-electron chi connectivity index (χ3n) is 3.00. The molecule has 0 saturated carbocycles. The number of carboxylic acids is 1. The van der Waals surface area contributed by atoms with Crippen LogP contribution >= 0.6 is 0 Å². The molecule has 1 aromatic carbocycles. The van der Waals surface area contributed by atoms with Crippen molar-refractivity contribution in [1.82, 2.24) is 9.97 Å². The van der Waals surface area contributed by atoms with Gasteiger partial charge in [0.25, 0.3) is 5.56 Å². The van der Waals surface area contributed by atoms with Gasteiger partial charge in [0.15, 0.2) is 0 Å². The van der Waals surface area contributed by atoms with Gasteiger partial charge in [0.1, 0.15) is 17.1 Å². The number of nitrogens with one attached hydrogen (secondary N) is 1. The van der Waals surface area contributed by atoms with Gasteiger partial charge in [-0.15, -0.1) is 0 Å². The third-order valence-corrected chi connectivity index (χ3v) is 3.00. The number of nitrogens with zero attached hydrogens (tertiary/aromatic N) is 1. The van der Waals surface area contributed by atoms with E-state index in [0.717, 1.165) is 22.9 Å². The fourth-order valence-electron chi connectivity index (χ4n) is 1.91. The standard InChI is InChI=1S/C15H14N2O4/c1-8-5-10(6-9(2)13(8)18)3-4-12-16-7-11(15(20)21)14(19)17-12/h3-7,18H,1-2H3,(H,20,21)(H,16,17,19)/b4-3+. The Kier molecular flexibility index (Phi) is 3.89. The van der Waals surface area contributed by atoms with Crippen LogP contribution in [0.5, 0.6) is 5.75 Å². The van der Waals surface area contributed by atoms with Gasteiger partial charge in [0.2, 0.25) is 0 Å². The molecule has 0 aliphatic rings. The zero-order valence-corrected chi connectivity index (χ0v) is 11.5. The van der Waals surface area contributed by atoms with E-state index < -0.39 is 17.1 Å². The first-order valence-corrected chi connectivity index (χ1v) is 6.19. The van der Waals surface area contributed by atoms with Crippen LogP contribution in [0.2, 0.25) is 0 Å². The van der Waals surface area contributed by atoms with E-state index in [-0.39, 0.29) is 11.6 Å². The molecule has 2 aromatic rings. The SMILES string of the molecule is Cc1cc(/C=C/c2ncc(C(=O)O)c(=O)[nH]2)cc(C)c1O. The summed E-state index contributed by atoms with van der Waals surface area (Å²) in [5, 5.41) is 18.4. The molecule has 21 heavy (non-hydrogen) atoms. The quantitative estimate of drug-likeness (QED) is 0.800. The lowest BCUT2D eigenvalue weighted by atomic mass is 10.1. The molecule has 0 radical (unpaired) electrons. The number of carboxylic acid groups (broad SMARTS) is 1. The summed E-state index contributed by atoms with van der Waals surface area (Å²) in [4.78, 5) is 28.5. The maximum Gasteiger partial charge on any atom is 0.342 e. The van der Waals surface area contributed by atoms with E-state index in [2.05, 4.69) is 9.97 Å². The zero-order valence-electron chi connectivity index (χ0n) is 11.5. The number of H-pyrrole nitrogens is 1. The highest BCUT2D eigenvalue weighted by Gasteiger charge is 2.08. The number of phenols is 1. The molecule has 0 unspecified atom stereocenters. The molecule has 0 aliphatic heterocycles. The summed E-state index contributed by atoms with van der Waals surface area (Å²) < 4.78 is 0. The van der Waals surface area contributed by atoms with Crippen LogP contribution in [0.25, 0.3) is 12.2 Å². The molecule has 1 heterocycles. The van der Waals surface area contributed by atoms with E-state index in [1.165, 1.54) is 0 Å². The van der Waals surface area contributed by atoms with Crippen LogP contribution in [0, 0.1) is 13.8 Å². The molecule has 6 nitrogen and oxygen atoms in total. The Labute approximate surface area is 120 Å². The van der Waals surface area contributed by atoms with Gasteiger partial charge in [-0.3, -0.25) is 4.79 Å². The van der Waals surface area contributed by atoms with Crippen LogP contribution < -0.4 is 5.56 Å². The minimum Gasteiger partial charge on any atom is -0.507 e. The summed E-state index contributed by atoms with van der Waals surface area (Å²) in [5.41, 5.74) is 1.24. The van der Waals surface area contributed by atoms with Crippen LogP contribution in [-0.2, 0) is 0 Å². The molecule has 3 N–H and O–H groups in total. The van der Waals surface area contributed by atoms with E-state index in [1.54, 1.807) is 38.1 Å². The summed E-state index contributed by atoms with van der Waals surface area (Å²) in [5.74, 6) is -0.804. The minimum atomic E-state index is -1.32. The molecule has 0 fully saturated rings. The van der Waals surface area contributed by atoms with Crippen molar-refractivity contribution >= 4 is 18.1 Å². The maximum atomic E-state index is 11.5. The van der Waals surface area contributed by atoms with Gasteiger partial charge in [-0.1, -0.05) is 6.08 Å². The first-order chi connectivity index (χ1) is 9.88. The normalized spacial score (nSPS) is 11.0. The average Bonchev–Trinajstić information content (AvgIpc) is 2.42. The second-order valence-electron chi connectivity index (χ2n) is 4.65. The van der Waals surface area contributed by atoms with Crippen molar-refractivity contribution in [2.75, 3.05) is 0 Å². The predicted octanol–water partition coefficient (Wildman–Crippen LogP) is 1.96. The van der Waals surface area contributed by atoms with Crippen molar-refractivity contribution in [2.24, 2.45) is 0 Å². The average molecular weight is 286 g/mol. The van der Waals surface area contributed by atoms with Crippen molar-refractivity contribution in [3.05, 3.63) is 56.8 Å². The van der Waals surface area contributed by atoms with Crippen LogP contribution in [0.1, 0.15) is 32.9 Å². The first kappa shape index (κ1) is 14.5. The Balaban J connectivity index is 2.32. The second-order valence-corrected chi connectivity index (χ2v) is 4.65. The maximum absolute atomic E-state index is 11.5. The zero-order chi connectivity index (χ0) is 15.6. The van der Waals surface area contributed by atoms with Gasteiger partial charge in [-0.05, 0) is 48.7 Å². The molecule has 0 aliphatic carbocycles. The van der Waals surface area contributed by atoms with Gasteiger partial charge in [-0.2, -0.15) is 0 Å². The number of benzene rings is 1. The highest BCUT2D eigenvalue weighted by molar-refractivity contribution is 5.86. The number of aromatic hydroxyl groups is 1. The van der Waals surface area contributed by atoms with Gasteiger partial charge < -0.3 is 15.2 Å². The Morgan fingerprint density at radius 3 is 2.38 bits per heavy atom. The summed E-state index contributed by atoms with van der Waals surface area (Å²) in [7, 11) is 0. The molecule has 1 aromatic heterocycles. The van der Waals surface area contributed by atoms with Crippen LogP contribution in [0.15, 0.2) is 23.1 Å². The van der Waals surface area contributed by atoms with Crippen molar-refractivity contribution in [2.45, 2.75) is 13.8 Å². The van der Waals surface area contributed by atoms with Gasteiger partial charge >= 0.3 is 5.97 Å². The third kappa shape index (κ3) is 3.17. The van der Waals surface area contributed by atoms with E-state index in [4.69, 9.17) is 5.11 Å². The number of aromatic nitrogens is 2. The van der Waals surface area contributed by atoms with Crippen molar-refractivity contribution in [3.8, 4) is 5.75 Å². The largest absolute Gasteiger partial charge is 0.507 e. The lowest BCUT2D eigenvalue weighted by Crippen LogP contribution is -2.18. The van der Waals surface area contributed by atoms with Crippen molar-refractivity contribution in [3.63, 3.8) is 0 Å². The Morgan fingerprint density at radius 2 is 1.86 bits per heavy atom. The molecular weight excluding hydrogens is 272 g/mol. The van der Waals surface area contributed by atoms with Crippen LogP contribution in [-0.4, -0.2) is 26.2 Å². The molecule has 0 bridgehead atoms. The molecular formula is C15H14N2O4. The van der Waals surface area contributed by atoms with Gasteiger partial charge in [0.05, 0.1) is 0 Å². The molecule has 0 saturated heterocycles. The fourth-order valence-corrected chi connectivity index (χ4v) is 1.91. The first-order valence-electron chi connectivity index (χ1n) is 6.19. The van der Waals surface area contributed by atoms with E-state index in [1.807, 2.05) is 0 Å². The van der Waals surface area contributed by atoms with E-state index in [0.29, 0.717) is 0 Å². The van der Waals surface area contributed by atoms with Gasteiger partial charge in [0, 0.05) is 6.20 Å². The lowest BCUT2D eigenvalue weighted by Gasteiger charge is -2.04. The highest BCUT2D eigenvalue weighted by atomic mass is 16.4. The number of rotatable bonds is 3. The number of hydrogen-bond acceptors (Lipinski definition) is 4. The fraction of sp³-hybridized carbons (Fsp3) is 0.133. The van der Waals surface area contributed by atoms with E-state index >= 15 is 0 Å². The predicted molar refractivity (Wildman–Crippen MR) is 78.3 cm³/mol. The second kappa shape index (κ2) is 5.62. The van der Waals surface area contributed by atoms with Crippen molar-refractivity contribution in [1.29, 1.82) is 0 Å². The highest BCUT2D eigenvalue weighted by Crippen LogP contribution is 2.23. The number of aryl methyl sites for hydroxylation is 2. The van der Waals surface area contributed by atoms with E-state index in [9.17, 15) is 14.7 Å². The monoisotopic (exact) mass is 286 g/mol. The molecule has 108 valence electrons. The number of phenolic OH excluding ortho intramolecular Hbond substituents is 1. The molecule has 0 spiro atoms. The summed E-state index contributed by atoms with van der Waals surface area (Å²) in [6, 6.07) is 3.59. The topological polar surface area (TPSA) is 103 Å². The number of hydrogen-bond donors (Lipinski definition) is 3.